The van der Waals surface area contributed by atoms with Crippen LogP contribution in [0.5, 0.6) is 5.75 Å². The molecule has 1 unspecified atom stereocenters. The van der Waals surface area contributed by atoms with Crippen LogP contribution in [0.3, 0.4) is 0 Å². The number of carbonyl (C=O) groups is 1. The van der Waals surface area contributed by atoms with Crippen molar-refractivity contribution in [2.45, 2.75) is 65.1 Å². The van der Waals surface area contributed by atoms with Crippen LogP contribution in [0.4, 0.5) is 5.82 Å². The number of fused-ring (bicyclic) bond motifs is 1. The highest BCUT2D eigenvalue weighted by molar-refractivity contribution is 6.02. The van der Waals surface area contributed by atoms with Gasteiger partial charge in [-0.15, -0.1) is 0 Å². The third-order valence-corrected chi connectivity index (χ3v) is 7.21. The van der Waals surface area contributed by atoms with Gasteiger partial charge in [0.05, 0.1) is 12.6 Å². The average molecular weight is 543 g/mol. The number of aliphatic hydroxyl groups excluding tert-OH is 1. The number of aromatic nitrogens is 1. The van der Waals surface area contributed by atoms with Gasteiger partial charge in [-0.1, -0.05) is 74.9 Å². The minimum Gasteiger partial charge on any atom is -0.491 e. The molecule has 0 saturated heterocycles. The fourth-order valence-electron chi connectivity index (χ4n) is 5.04. The van der Waals surface area contributed by atoms with Crippen LogP contribution in [-0.2, 0) is 9.53 Å². The van der Waals surface area contributed by atoms with Crippen molar-refractivity contribution in [2.75, 3.05) is 25.2 Å². The number of rotatable bonds is 10. The van der Waals surface area contributed by atoms with Gasteiger partial charge in [0.1, 0.15) is 17.2 Å². The van der Waals surface area contributed by atoms with Crippen molar-refractivity contribution in [1.29, 1.82) is 0 Å². The van der Waals surface area contributed by atoms with Crippen molar-refractivity contribution in [3.8, 4) is 5.75 Å². The van der Waals surface area contributed by atoms with E-state index in [1.807, 2.05) is 31.2 Å². The highest BCUT2D eigenvalue weighted by Crippen LogP contribution is 2.34. The molecule has 1 aromatic heterocycles. The fraction of sp³-hybridized carbons (Fsp3) is 0.412. The molecule has 0 spiro atoms. The quantitative estimate of drug-likeness (QED) is 0.287. The summed E-state index contributed by atoms with van der Waals surface area (Å²) in [7, 11) is 1.68. The molecule has 3 aromatic rings. The van der Waals surface area contributed by atoms with E-state index in [9.17, 15) is 9.90 Å². The Balaban J connectivity index is 1.69. The second-order valence-electron chi connectivity index (χ2n) is 12.0. The van der Waals surface area contributed by atoms with Crippen molar-refractivity contribution in [2.24, 2.45) is 5.41 Å². The number of ether oxygens (including phenoxy) is 2. The predicted molar refractivity (Wildman–Crippen MR) is 162 cm³/mol. The van der Waals surface area contributed by atoms with Gasteiger partial charge in [0.2, 0.25) is 5.91 Å². The first-order chi connectivity index (χ1) is 19.0. The molecule has 212 valence electrons. The zero-order valence-corrected chi connectivity index (χ0v) is 24.6. The molecule has 1 atom stereocenters. The number of carbonyl (C=O) groups excluding carboxylic acids is 1. The summed E-state index contributed by atoms with van der Waals surface area (Å²) in [5, 5.41) is 11.0. The minimum absolute atomic E-state index is 0.0107. The van der Waals surface area contributed by atoms with Gasteiger partial charge in [0, 0.05) is 44.1 Å². The molecule has 0 bridgehead atoms. The molecule has 2 aromatic carbocycles. The summed E-state index contributed by atoms with van der Waals surface area (Å²) < 4.78 is 12.1. The van der Waals surface area contributed by atoms with Gasteiger partial charge in [-0.2, -0.15) is 0 Å². The zero-order valence-electron chi connectivity index (χ0n) is 24.6. The van der Waals surface area contributed by atoms with E-state index < -0.39 is 5.60 Å². The number of hydrogen-bond acceptors (Lipinski definition) is 5. The predicted octanol–water partition coefficient (Wildman–Crippen LogP) is 6.76. The summed E-state index contributed by atoms with van der Waals surface area (Å²) in [6, 6.07) is 16.2. The molecule has 6 nitrogen and oxygen atoms in total. The minimum atomic E-state index is -0.791. The van der Waals surface area contributed by atoms with Crippen LogP contribution in [0.15, 0.2) is 79.0 Å². The first kappa shape index (κ1) is 29.5. The molecule has 0 aliphatic heterocycles. The molecular formula is C34H42N2O4. The van der Waals surface area contributed by atoms with Gasteiger partial charge in [-0.05, 0) is 54.5 Å². The Morgan fingerprint density at radius 3 is 2.52 bits per heavy atom. The molecule has 0 fully saturated rings. The maximum atomic E-state index is 13.9. The standard InChI is InChI=1S/C34H42N2O4/c1-24-8-7-9-27(20-24)26-12-16-34(39-6,17-13-26)23-36(31(38)22-33(3,4)5)32-30-11-10-29(40-25(2)15-19-37)21-28(30)14-18-35-32/h7-14,16-18,20-21,25-26,37H,15,19,22-23H2,1-6H3. The topological polar surface area (TPSA) is 71.9 Å². The zero-order chi connectivity index (χ0) is 28.9. The van der Waals surface area contributed by atoms with Crippen LogP contribution in [0.2, 0.25) is 0 Å². The lowest BCUT2D eigenvalue weighted by atomic mass is 9.86. The second-order valence-corrected chi connectivity index (χ2v) is 12.0. The van der Waals surface area contributed by atoms with Crippen LogP contribution >= 0.6 is 0 Å². The summed E-state index contributed by atoms with van der Waals surface area (Å²) in [6.07, 6.45) is 11.0. The van der Waals surface area contributed by atoms with E-state index in [0.717, 1.165) is 10.8 Å². The van der Waals surface area contributed by atoms with Crippen molar-refractivity contribution < 1.29 is 19.4 Å². The number of anilines is 1. The summed E-state index contributed by atoms with van der Waals surface area (Å²) >= 11 is 0. The number of nitrogens with zero attached hydrogens (tertiary/aromatic N) is 2. The lowest BCUT2D eigenvalue weighted by Crippen LogP contribution is -2.47. The number of methoxy groups -OCH3 is 1. The molecule has 1 amide bonds. The SMILES string of the molecule is COC1(CN(C(=O)CC(C)(C)C)c2nccc3cc(OC(C)CCO)ccc23)C=CC(c2cccc(C)c2)C=C1. The molecule has 1 aliphatic rings. The number of aryl methyl sites for hydroxylation is 1. The van der Waals surface area contributed by atoms with Crippen LogP contribution in [0.1, 0.15) is 57.6 Å². The van der Waals surface area contributed by atoms with E-state index in [-0.39, 0.29) is 30.0 Å². The first-order valence-electron chi connectivity index (χ1n) is 14.0. The summed E-state index contributed by atoms with van der Waals surface area (Å²) in [5.41, 5.74) is 1.46. The molecule has 1 heterocycles. The number of pyridine rings is 1. The van der Waals surface area contributed by atoms with Crippen molar-refractivity contribution in [1.82, 2.24) is 4.98 Å². The Morgan fingerprint density at radius 1 is 1.12 bits per heavy atom. The van der Waals surface area contributed by atoms with E-state index in [1.54, 1.807) is 18.2 Å². The maximum Gasteiger partial charge on any atom is 0.228 e. The van der Waals surface area contributed by atoms with Crippen molar-refractivity contribution in [3.63, 3.8) is 0 Å². The molecule has 40 heavy (non-hydrogen) atoms. The van der Waals surface area contributed by atoms with Crippen LogP contribution < -0.4 is 9.64 Å². The smallest absolute Gasteiger partial charge is 0.228 e. The van der Waals surface area contributed by atoms with E-state index in [2.05, 4.69) is 76.3 Å². The lowest BCUT2D eigenvalue weighted by Gasteiger charge is -2.36. The number of hydrogen-bond donors (Lipinski definition) is 1. The third kappa shape index (κ3) is 7.18. The van der Waals surface area contributed by atoms with Gasteiger partial charge in [0.25, 0.3) is 0 Å². The molecule has 1 aliphatic carbocycles. The molecular weight excluding hydrogens is 500 g/mol. The van der Waals surface area contributed by atoms with Gasteiger partial charge in [-0.3, -0.25) is 9.69 Å². The number of aliphatic hydroxyl groups is 1. The molecule has 1 N–H and O–H groups in total. The number of allylic oxidation sites excluding steroid dienone is 2. The molecule has 0 radical (unpaired) electrons. The molecule has 0 saturated carbocycles. The highest BCUT2D eigenvalue weighted by atomic mass is 16.5. The Hall–Kier alpha value is -3.48. The summed E-state index contributed by atoms with van der Waals surface area (Å²) in [6.45, 7) is 10.6. The Labute approximate surface area is 238 Å². The van der Waals surface area contributed by atoms with E-state index in [0.29, 0.717) is 31.0 Å². The van der Waals surface area contributed by atoms with Gasteiger partial charge in [-0.25, -0.2) is 4.98 Å². The first-order valence-corrected chi connectivity index (χ1v) is 14.0. The van der Waals surface area contributed by atoms with E-state index in [4.69, 9.17) is 14.5 Å². The number of amides is 1. The highest BCUT2D eigenvalue weighted by Gasteiger charge is 2.34. The van der Waals surface area contributed by atoms with Gasteiger partial charge < -0.3 is 14.6 Å². The van der Waals surface area contributed by atoms with Crippen molar-refractivity contribution in [3.05, 3.63) is 90.2 Å². The van der Waals surface area contributed by atoms with Gasteiger partial charge >= 0.3 is 0 Å². The largest absolute Gasteiger partial charge is 0.491 e. The van der Waals surface area contributed by atoms with Crippen molar-refractivity contribution >= 4 is 22.5 Å². The van der Waals surface area contributed by atoms with E-state index >= 15 is 0 Å². The Morgan fingerprint density at radius 2 is 1.88 bits per heavy atom. The monoisotopic (exact) mass is 542 g/mol. The Kier molecular flexibility index (Phi) is 9.12. The normalized spacial score (nSPS) is 19.5. The van der Waals surface area contributed by atoms with Crippen LogP contribution in [-0.4, -0.2) is 48.0 Å². The van der Waals surface area contributed by atoms with Gasteiger partial charge in [0.15, 0.2) is 0 Å². The maximum absolute atomic E-state index is 13.9. The lowest BCUT2D eigenvalue weighted by molar-refractivity contribution is -0.120. The fourth-order valence-corrected chi connectivity index (χ4v) is 5.04. The molecule has 4 rings (SSSR count). The second kappa shape index (κ2) is 12.4. The molecule has 6 heteroatoms. The summed E-state index contributed by atoms with van der Waals surface area (Å²) in [4.78, 5) is 20.4. The average Bonchev–Trinajstić information content (AvgIpc) is 2.91. The summed E-state index contributed by atoms with van der Waals surface area (Å²) in [5.74, 6) is 1.44. The van der Waals surface area contributed by atoms with E-state index in [1.165, 1.54) is 11.1 Å². The van der Waals surface area contributed by atoms with Crippen LogP contribution in [0, 0.1) is 12.3 Å². The Bertz CT molecular complexity index is 1370. The number of benzene rings is 2. The van der Waals surface area contributed by atoms with Crippen LogP contribution in [0.25, 0.3) is 10.8 Å². The third-order valence-electron chi connectivity index (χ3n) is 7.21.